The van der Waals surface area contributed by atoms with E-state index in [4.69, 9.17) is 4.74 Å². The Bertz CT molecular complexity index is 952. The van der Waals surface area contributed by atoms with Crippen LogP contribution in [0.2, 0.25) is 0 Å². The molecule has 1 aliphatic heterocycles. The van der Waals surface area contributed by atoms with E-state index in [1.54, 1.807) is 17.6 Å². The molecule has 1 aliphatic rings. The maximum Gasteiger partial charge on any atom is 0.255 e. The Morgan fingerprint density at radius 2 is 1.93 bits per heavy atom. The lowest BCUT2D eigenvalue weighted by atomic mass is 10.2. The SMILES string of the molecule is CCN1CCN(c2ccc(NC(=O)c3cccc(OCc4cscn4)c3)cc2)CC1. The first-order valence-corrected chi connectivity index (χ1v) is 11.1. The van der Waals surface area contributed by atoms with E-state index in [1.165, 1.54) is 17.0 Å². The smallest absolute Gasteiger partial charge is 0.255 e. The number of amides is 1. The Kier molecular flexibility index (Phi) is 6.61. The highest BCUT2D eigenvalue weighted by molar-refractivity contribution is 7.07. The van der Waals surface area contributed by atoms with Gasteiger partial charge in [-0.05, 0) is 49.0 Å². The maximum absolute atomic E-state index is 12.7. The molecule has 156 valence electrons. The molecule has 1 amide bonds. The number of rotatable bonds is 7. The molecule has 1 saturated heterocycles. The van der Waals surface area contributed by atoms with Crippen molar-refractivity contribution >= 4 is 28.6 Å². The summed E-state index contributed by atoms with van der Waals surface area (Å²) in [6.07, 6.45) is 0. The highest BCUT2D eigenvalue weighted by Crippen LogP contribution is 2.21. The van der Waals surface area contributed by atoms with E-state index in [-0.39, 0.29) is 5.91 Å². The lowest BCUT2D eigenvalue weighted by Gasteiger charge is -2.35. The lowest BCUT2D eigenvalue weighted by Crippen LogP contribution is -2.46. The van der Waals surface area contributed by atoms with Gasteiger partial charge in [0.1, 0.15) is 12.4 Å². The summed E-state index contributed by atoms with van der Waals surface area (Å²) >= 11 is 1.53. The first-order chi connectivity index (χ1) is 14.7. The van der Waals surface area contributed by atoms with Gasteiger partial charge in [0.25, 0.3) is 5.91 Å². The number of ether oxygens (including phenoxy) is 1. The van der Waals surface area contributed by atoms with Crippen molar-refractivity contribution in [3.63, 3.8) is 0 Å². The van der Waals surface area contributed by atoms with Gasteiger partial charge < -0.3 is 19.9 Å². The monoisotopic (exact) mass is 422 g/mol. The summed E-state index contributed by atoms with van der Waals surface area (Å²) in [5.41, 5.74) is 5.20. The predicted molar refractivity (Wildman–Crippen MR) is 122 cm³/mol. The number of piperazine rings is 1. The van der Waals surface area contributed by atoms with Crippen LogP contribution in [-0.4, -0.2) is 48.5 Å². The van der Waals surface area contributed by atoms with E-state index in [9.17, 15) is 4.79 Å². The molecule has 0 aliphatic carbocycles. The zero-order valence-corrected chi connectivity index (χ0v) is 17.9. The van der Waals surface area contributed by atoms with Crippen molar-refractivity contribution < 1.29 is 9.53 Å². The number of thiazole rings is 1. The van der Waals surface area contributed by atoms with Gasteiger partial charge >= 0.3 is 0 Å². The normalized spacial score (nSPS) is 14.5. The van der Waals surface area contributed by atoms with Crippen LogP contribution in [0.3, 0.4) is 0 Å². The molecule has 2 heterocycles. The Morgan fingerprint density at radius 1 is 1.13 bits per heavy atom. The van der Waals surface area contributed by atoms with Crippen molar-refractivity contribution in [3.8, 4) is 5.75 Å². The molecule has 0 saturated carbocycles. The molecule has 0 bridgehead atoms. The van der Waals surface area contributed by atoms with Crippen molar-refractivity contribution in [2.24, 2.45) is 0 Å². The fourth-order valence-corrected chi connectivity index (χ4v) is 4.02. The van der Waals surface area contributed by atoms with Crippen molar-refractivity contribution in [2.45, 2.75) is 13.5 Å². The second-order valence-electron chi connectivity index (χ2n) is 7.22. The summed E-state index contributed by atoms with van der Waals surface area (Å²) in [7, 11) is 0. The number of hydrogen-bond acceptors (Lipinski definition) is 6. The van der Waals surface area contributed by atoms with Crippen molar-refractivity contribution in [1.29, 1.82) is 0 Å². The number of carbonyl (C=O) groups excluding carboxylic acids is 1. The van der Waals surface area contributed by atoms with Gasteiger partial charge in [-0.1, -0.05) is 13.0 Å². The van der Waals surface area contributed by atoms with Crippen LogP contribution in [0.1, 0.15) is 23.0 Å². The standard InChI is InChI=1S/C23H26N4O2S/c1-2-26-10-12-27(13-11-26)21-8-6-19(7-9-21)25-23(28)18-4-3-5-22(14-18)29-15-20-16-30-17-24-20/h3-9,14,16-17H,2,10-13,15H2,1H3,(H,25,28). The Hall–Kier alpha value is -2.90. The summed E-state index contributed by atoms with van der Waals surface area (Å²) in [5.74, 6) is 0.496. The van der Waals surface area contributed by atoms with Gasteiger partial charge in [0.05, 0.1) is 11.2 Å². The van der Waals surface area contributed by atoms with Crippen LogP contribution in [0.15, 0.2) is 59.4 Å². The quantitative estimate of drug-likeness (QED) is 0.621. The van der Waals surface area contributed by atoms with E-state index in [0.29, 0.717) is 17.9 Å². The van der Waals surface area contributed by atoms with Gasteiger partial charge in [-0.2, -0.15) is 0 Å². The van der Waals surface area contributed by atoms with Gasteiger partial charge in [0.2, 0.25) is 0 Å². The molecular formula is C23H26N4O2S. The molecule has 4 rings (SSSR count). The van der Waals surface area contributed by atoms with Crippen LogP contribution in [-0.2, 0) is 6.61 Å². The summed E-state index contributed by atoms with van der Waals surface area (Å²) in [4.78, 5) is 21.7. The third kappa shape index (κ3) is 5.17. The third-order valence-corrected chi connectivity index (χ3v) is 5.91. The molecule has 1 aromatic heterocycles. The first kappa shape index (κ1) is 20.4. The molecule has 0 unspecified atom stereocenters. The number of benzene rings is 2. The highest BCUT2D eigenvalue weighted by Gasteiger charge is 2.16. The molecule has 1 fully saturated rings. The fraction of sp³-hybridized carbons (Fsp3) is 0.304. The highest BCUT2D eigenvalue weighted by atomic mass is 32.1. The van der Waals surface area contributed by atoms with Crippen molar-refractivity contribution in [3.05, 3.63) is 70.7 Å². The minimum atomic E-state index is -0.154. The Morgan fingerprint density at radius 3 is 2.63 bits per heavy atom. The van der Waals surface area contributed by atoms with E-state index >= 15 is 0 Å². The number of anilines is 2. The van der Waals surface area contributed by atoms with Crippen LogP contribution in [0.25, 0.3) is 0 Å². The second kappa shape index (κ2) is 9.73. The van der Waals surface area contributed by atoms with E-state index in [0.717, 1.165) is 44.1 Å². The number of carbonyl (C=O) groups is 1. The fourth-order valence-electron chi connectivity index (χ4n) is 3.47. The van der Waals surface area contributed by atoms with Crippen LogP contribution < -0.4 is 15.0 Å². The van der Waals surface area contributed by atoms with Gasteiger partial charge in [-0.25, -0.2) is 4.98 Å². The summed E-state index contributed by atoms with van der Waals surface area (Å²) in [5, 5.41) is 4.92. The minimum absolute atomic E-state index is 0.154. The summed E-state index contributed by atoms with van der Waals surface area (Å²) < 4.78 is 5.75. The molecule has 0 atom stereocenters. The van der Waals surface area contributed by atoms with E-state index in [2.05, 4.69) is 39.2 Å². The number of likely N-dealkylation sites (N-methyl/N-ethyl adjacent to an activating group) is 1. The van der Waals surface area contributed by atoms with Crippen molar-refractivity contribution in [1.82, 2.24) is 9.88 Å². The number of nitrogens with zero attached hydrogens (tertiary/aromatic N) is 3. The molecule has 30 heavy (non-hydrogen) atoms. The number of aromatic nitrogens is 1. The van der Waals surface area contributed by atoms with Gasteiger partial charge in [0, 0.05) is 48.5 Å². The molecule has 6 nitrogen and oxygen atoms in total. The predicted octanol–water partition coefficient (Wildman–Crippen LogP) is 4.12. The molecule has 0 spiro atoms. The average Bonchev–Trinajstić information content (AvgIpc) is 3.32. The topological polar surface area (TPSA) is 57.7 Å². The second-order valence-corrected chi connectivity index (χ2v) is 7.94. The number of nitrogens with one attached hydrogen (secondary N) is 1. The van der Waals surface area contributed by atoms with Crippen LogP contribution in [0.5, 0.6) is 5.75 Å². The largest absolute Gasteiger partial charge is 0.487 e. The van der Waals surface area contributed by atoms with E-state index in [1.807, 2.05) is 29.6 Å². The van der Waals surface area contributed by atoms with Crippen LogP contribution in [0.4, 0.5) is 11.4 Å². The first-order valence-electron chi connectivity index (χ1n) is 10.2. The van der Waals surface area contributed by atoms with Crippen molar-refractivity contribution in [2.75, 3.05) is 42.9 Å². The Balaban J connectivity index is 1.34. The molecule has 1 N–H and O–H groups in total. The molecule has 2 aromatic carbocycles. The molecular weight excluding hydrogens is 396 g/mol. The average molecular weight is 423 g/mol. The van der Waals surface area contributed by atoms with Gasteiger partial charge in [0.15, 0.2) is 0 Å². The maximum atomic E-state index is 12.7. The van der Waals surface area contributed by atoms with Crippen LogP contribution >= 0.6 is 11.3 Å². The van der Waals surface area contributed by atoms with Gasteiger partial charge in [-0.15, -0.1) is 11.3 Å². The zero-order valence-electron chi connectivity index (χ0n) is 17.1. The molecule has 0 radical (unpaired) electrons. The van der Waals surface area contributed by atoms with E-state index < -0.39 is 0 Å². The summed E-state index contributed by atoms with van der Waals surface area (Å²) in [6, 6.07) is 15.3. The molecule has 7 heteroatoms. The zero-order chi connectivity index (χ0) is 20.8. The summed E-state index contributed by atoms with van der Waals surface area (Å²) in [6.45, 7) is 7.96. The number of hydrogen-bond donors (Lipinski definition) is 1. The lowest BCUT2D eigenvalue weighted by molar-refractivity contribution is 0.102. The Labute approximate surface area is 181 Å². The van der Waals surface area contributed by atoms with Gasteiger partial charge in [-0.3, -0.25) is 4.79 Å². The minimum Gasteiger partial charge on any atom is -0.487 e. The molecule has 3 aromatic rings. The van der Waals surface area contributed by atoms with Crippen LogP contribution in [0, 0.1) is 0 Å². The third-order valence-electron chi connectivity index (χ3n) is 5.28.